The maximum atomic E-state index is 11.2. The largest absolute Gasteiger partial charge is 1.00 e. The summed E-state index contributed by atoms with van der Waals surface area (Å²) in [6, 6.07) is 6.19. The fraction of sp³-hybridized carbons (Fsp3) is 0.0909. The predicted octanol–water partition coefficient (Wildman–Crippen LogP) is -5.04. The average Bonchev–Trinajstić information content (AvgIpc) is 2.24. The second kappa shape index (κ2) is 7.39. The zero-order chi connectivity index (χ0) is 14.4. The van der Waals surface area contributed by atoms with E-state index in [2.05, 4.69) is 0 Å². The Morgan fingerprint density at radius 2 is 1.38 bits per heavy atom. The van der Waals surface area contributed by atoms with E-state index in [0.29, 0.717) is 0 Å². The van der Waals surface area contributed by atoms with E-state index in [-0.39, 0.29) is 75.5 Å². The maximum absolute atomic E-state index is 11.2. The zero-order valence-electron chi connectivity index (χ0n) is 11.7. The summed E-state index contributed by atoms with van der Waals surface area (Å²) >= 11 is 0. The second-order valence-electron chi connectivity index (χ2n) is 3.97. The molecule has 21 heavy (non-hydrogen) atoms. The van der Waals surface area contributed by atoms with Crippen molar-refractivity contribution in [2.45, 2.75) is 16.7 Å². The minimum Gasteiger partial charge on any atom is -0.744 e. The molecule has 0 aromatic heterocycles. The van der Waals surface area contributed by atoms with Crippen molar-refractivity contribution in [3.8, 4) is 0 Å². The predicted molar refractivity (Wildman–Crippen MR) is 64.6 cm³/mol. The quantitative estimate of drug-likeness (QED) is 0.397. The SMILES string of the molecule is Cc1ccc2c(S(=O)(=O)[O-])cccc2c1S(=O)(=O)[O-].[Na+].[Na+]. The van der Waals surface area contributed by atoms with Gasteiger partial charge in [-0.3, -0.25) is 0 Å². The smallest absolute Gasteiger partial charge is 0.744 e. The van der Waals surface area contributed by atoms with Gasteiger partial charge in [0.2, 0.25) is 0 Å². The number of benzene rings is 2. The molecular weight excluding hydrogens is 338 g/mol. The summed E-state index contributed by atoms with van der Waals surface area (Å²) in [5.74, 6) is 0. The Kier molecular flexibility index (Phi) is 7.58. The van der Waals surface area contributed by atoms with E-state index in [1.54, 1.807) is 0 Å². The van der Waals surface area contributed by atoms with E-state index >= 15 is 0 Å². The number of aryl methyl sites for hydroxylation is 1. The topological polar surface area (TPSA) is 114 Å². The summed E-state index contributed by atoms with van der Waals surface area (Å²) in [4.78, 5) is -1.05. The van der Waals surface area contributed by atoms with Crippen LogP contribution in [0.2, 0.25) is 0 Å². The first-order valence-corrected chi connectivity index (χ1v) is 7.88. The molecule has 0 amide bonds. The Hall–Kier alpha value is 0.520. The van der Waals surface area contributed by atoms with E-state index in [1.165, 1.54) is 31.2 Å². The summed E-state index contributed by atoms with van der Waals surface area (Å²) in [6.45, 7) is 1.42. The van der Waals surface area contributed by atoms with Gasteiger partial charge in [0.15, 0.2) is 0 Å². The van der Waals surface area contributed by atoms with Gasteiger partial charge < -0.3 is 9.11 Å². The molecule has 2 aromatic rings. The Balaban J connectivity index is 0.00000200. The van der Waals surface area contributed by atoms with Crippen LogP contribution in [0.1, 0.15) is 5.56 Å². The van der Waals surface area contributed by atoms with Crippen LogP contribution in [0.15, 0.2) is 40.1 Å². The molecule has 0 aliphatic rings. The van der Waals surface area contributed by atoms with E-state index in [0.717, 1.165) is 6.07 Å². The first kappa shape index (κ1) is 21.5. The van der Waals surface area contributed by atoms with Crippen molar-refractivity contribution in [2.24, 2.45) is 0 Å². The van der Waals surface area contributed by atoms with E-state index in [4.69, 9.17) is 0 Å². The van der Waals surface area contributed by atoms with Crippen LogP contribution < -0.4 is 59.1 Å². The third kappa shape index (κ3) is 4.51. The van der Waals surface area contributed by atoms with E-state index < -0.39 is 30.0 Å². The zero-order valence-corrected chi connectivity index (χ0v) is 17.3. The Morgan fingerprint density at radius 1 is 0.810 bits per heavy atom. The third-order valence-corrected chi connectivity index (χ3v) is 4.62. The molecular formula is C11H8Na2O6S2. The molecule has 0 aliphatic carbocycles. The van der Waals surface area contributed by atoms with Crippen LogP contribution in [0.3, 0.4) is 0 Å². The molecule has 0 spiro atoms. The normalized spacial score (nSPS) is 11.6. The standard InChI is InChI=1S/C11H10O6S2.2Na/c1-7-5-6-8-9(11(7)19(15,16)17)3-2-4-10(8)18(12,13)14;;/h2-6H,1H3,(H,12,13,14)(H,15,16,17);;/q;2*+1/p-2. The van der Waals surface area contributed by atoms with Crippen molar-refractivity contribution in [3.63, 3.8) is 0 Å². The van der Waals surface area contributed by atoms with Crippen LogP contribution in [-0.2, 0) is 20.2 Å². The molecule has 0 heterocycles. The van der Waals surface area contributed by atoms with Gasteiger partial charge in [-0.2, -0.15) is 0 Å². The van der Waals surface area contributed by atoms with E-state index in [1.807, 2.05) is 0 Å². The number of fused-ring (bicyclic) bond motifs is 1. The van der Waals surface area contributed by atoms with Gasteiger partial charge in [-0.25, -0.2) is 16.8 Å². The van der Waals surface area contributed by atoms with Crippen LogP contribution in [0, 0.1) is 6.92 Å². The van der Waals surface area contributed by atoms with E-state index in [9.17, 15) is 25.9 Å². The molecule has 2 rings (SSSR count). The number of hydrogen-bond acceptors (Lipinski definition) is 6. The fourth-order valence-corrected chi connectivity index (χ4v) is 3.56. The summed E-state index contributed by atoms with van der Waals surface area (Å²) in [5, 5.41) is -0.135. The van der Waals surface area contributed by atoms with Gasteiger partial charge in [0.05, 0.1) is 9.79 Å². The Labute approximate surface area is 167 Å². The molecule has 0 N–H and O–H groups in total. The summed E-state index contributed by atoms with van der Waals surface area (Å²) < 4.78 is 67.1. The second-order valence-corrected chi connectivity index (χ2v) is 6.64. The molecule has 2 aromatic carbocycles. The van der Waals surface area contributed by atoms with Crippen molar-refractivity contribution in [1.29, 1.82) is 0 Å². The van der Waals surface area contributed by atoms with Gasteiger partial charge in [-0.1, -0.05) is 24.3 Å². The fourth-order valence-electron chi connectivity index (χ4n) is 1.96. The van der Waals surface area contributed by atoms with Gasteiger partial charge in [0, 0.05) is 10.8 Å². The van der Waals surface area contributed by atoms with Crippen LogP contribution >= 0.6 is 0 Å². The molecule has 0 saturated heterocycles. The van der Waals surface area contributed by atoms with Crippen LogP contribution in [0.25, 0.3) is 10.8 Å². The molecule has 0 fully saturated rings. The van der Waals surface area contributed by atoms with Crippen LogP contribution in [-0.4, -0.2) is 25.9 Å². The van der Waals surface area contributed by atoms with Crippen LogP contribution in [0.4, 0.5) is 0 Å². The average molecular weight is 346 g/mol. The van der Waals surface area contributed by atoms with Crippen molar-refractivity contribution < 1.29 is 85.1 Å². The van der Waals surface area contributed by atoms with Gasteiger partial charge in [-0.05, 0) is 18.6 Å². The molecule has 0 unspecified atom stereocenters. The Bertz CT molecular complexity index is 875. The number of rotatable bonds is 2. The van der Waals surface area contributed by atoms with Crippen LogP contribution in [0.5, 0.6) is 0 Å². The third-order valence-electron chi connectivity index (χ3n) is 2.69. The molecule has 0 aliphatic heterocycles. The maximum Gasteiger partial charge on any atom is 1.00 e. The molecule has 0 atom stereocenters. The first-order valence-electron chi connectivity index (χ1n) is 5.06. The molecule has 6 nitrogen and oxygen atoms in total. The molecule has 0 bridgehead atoms. The summed E-state index contributed by atoms with van der Waals surface area (Å²) in [6.07, 6.45) is 0. The summed E-state index contributed by atoms with van der Waals surface area (Å²) in [5.41, 5.74) is 0.197. The van der Waals surface area contributed by atoms with Gasteiger partial charge >= 0.3 is 59.1 Å². The minimum atomic E-state index is -4.77. The Morgan fingerprint density at radius 3 is 1.86 bits per heavy atom. The molecule has 102 valence electrons. The van der Waals surface area contributed by atoms with Crippen molar-refractivity contribution >= 4 is 31.0 Å². The van der Waals surface area contributed by atoms with Crippen molar-refractivity contribution in [2.75, 3.05) is 0 Å². The summed E-state index contributed by atoms with van der Waals surface area (Å²) in [7, 11) is -9.52. The van der Waals surface area contributed by atoms with Gasteiger partial charge in [0.25, 0.3) is 0 Å². The minimum absolute atomic E-state index is 0. The van der Waals surface area contributed by atoms with Crippen molar-refractivity contribution in [3.05, 3.63) is 35.9 Å². The number of hydrogen-bond donors (Lipinski definition) is 0. The molecule has 0 saturated carbocycles. The molecule has 0 radical (unpaired) electrons. The van der Waals surface area contributed by atoms with Gasteiger partial charge in [0.1, 0.15) is 20.2 Å². The first-order chi connectivity index (χ1) is 8.62. The molecule has 10 heteroatoms. The van der Waals surface area contributed by atoms with Gasteiger partial charge in [-0.15, -0.1) is 0 Å². The monoisotopic (exact) mass is 346 g/mol. The van der Waals surface area contributed by atoms with Crippen molar-refractivity contribution in [1.82, 2.24) is 0 Å².